The van der Waals surface area contributed by atoms with Crippen molar-refractivity contribution < 1.29 is 4.39 Å². The highest BCUT2D eigenvalue weighted by molar-refractivity contribution is 6.49. The summed E-state index contributed by atoms with van der Waals surface area (Å²) in [5, 5.41) is 9.22. The molecule has 0 spiro atoms. The van der Waals surface area contributed by atoms with E-state index in [-0.39, 0.29) is 5.82 Å². The molecule has 0 aliphatic heterocycles. The van der Waals surface area contributed by atoms with E-state index < -0.39 is 0 Å². The molecule has 0 N–H and O–H groups in total. The molecule has 0 heterocycles. The zero-order valence-corrected chi connectivity index (χ0v) is 9.18. The molecule has 0 atom stereocenters. The van der Waals surface area contributed by atoms with Crippen molar-refractivity contribution in [3.05, 3.63) is 41.2 Å². The maximum absolute atomic E-state index is 12.9. The van der Waals surface area contributed by atoms with Gasteiger partial charge in [-0.1, -0.05) is 37.1 Å². The van der Waals surface area contributed by atoms with Crippen molar-refractivity contribution in [1.29, 1.82) is 5.26 Å². The molecular weight excluding hydrogens is 213 g/mol. The zero-order valence-electron chi connectivity index (χ0n) is 8.43. The van der Waals surface area contributed by atoms with E-state index in [4.69, 9.17) is 16.9 Å². The first kappa shape index (κ1) is 11.7. The standard InChI is InChI=1S/C12H11ClFN/c1-2-4-10(8-15)12(13)9-5-3-6-11(14)7-9/h3,5-7H,2,4H2,1H3. The van der Waals surface area contributed by atoms with Crippen LogP contribution in [-0.2, 0) is 0 Å². The molecular formula is C12H11ClFN. The van der Waals surface area contributed by atoms with Crippen LogP contribution in [0.5, 0.6) is 0 Å². The minimum Gasteiger partial charge on any atom is -0.207 e. The molecule has 0 aliphatic rings. The third-order valence-corrected chi connectivity index (χ3v) is 2.42. The van der Waals surface area contributed by atoms with Crippen molar-refractivity contribution >= 4 is 16.6 Å². The van der Waals surface area contributed by atoms with Gasteiger partial charge in [-0.25, -0.2) is 4.39 Å². The van der Waals surface area contributed by atoms with Gasteiger partial charge in [0.25, 0.3) is 0 Å². The molecule has 0 bridgehead atoms. The highest BCUT2D eigenvalue weighted by Gasteiger charge is 2.06. The number of rotatable bonds is 3. The minimum absolute atomic E-state index is 0.346. The van der Waals surface area contributed by atoms with Crippen LogP contribution in [0.25, 0.3) is 5.03 Å². The average molecular weight is 224 g/mol. The molecule has 78 valence electrons. The van der Waals surface area contributed by atoms with Crippen molar-refractivity contribution in [2.45, 2.75) is 19.8 Å². The Bertz CT molecular complexity index is 418. The van der Waals surface area contributed by atoms with Gasteiger partial charge in [-0.05, 0) is 24.1 Å². The van der Waals surface area contributed by atoms with Crippen LogP contribution < -0.4 is 0 Å². The Kier molecular flexibility index (Phi) is 4.33. The lowest BCUT2D eigenvalue weighted by Gasteiger charge is -2.02. The van der Waals surface area contributed by atoms with Crippen LogP contribution in [0.1, 0.15) is 25.3 Å². The number of nitriles is 1. The van der Waals surface area contributed by atoms with Gasteiger partial charge in [0, 0.05) is 5.57 Å². The fourth-order valence-corrected chi connectivity index (χ4v) is 1.52. The third kappa shape index (κ3) is 3.07. The summed E-state index contributed by atoms with van der Waals surface area (Å²) in [5.74, 6) is -0.348. The first-order chi connectivity index (χ1) is 7.19. The van der Waals surface area contributed by atoms with E-state index in [0.717, 1.165) is 6.42 Å². The third-order valence-electron chi connectivity index (χ3n) is 1.98. The lowest BCUT2D eigenvalue weighted by molar-refractivity contribution is 0.627. The number of allylic oxidation sites excluding steroid dienone is 1. The second-order valence-corrected chi connectivity index (χ2v) is 3.54. The van der Waals surface area contributed by atoms with Gasteiger partial charge in [0.15, 0.2) is 0 Å². The molecule has 1 aromatic rings. The molecule has 0 aromatic heterocycles. The monoisotopic (exact) mass is 223 g/mol. The summed E-state index contributed by atoms with van der Waals surface area (Å²) in [5.41, 5.74) is 1.06. The smallest absolute Gasteiger partial charge is 0.123 e. The Balaban J connectivity index is 3.11. The second kappa shape index (κ2) is 5.53. The summed E-state index contributed by atoms with van der Waals surface area (Å²) >= 11 is 6.01. The van der Waals surface area contributed by atoms with Crippen LogP contribution in [0.3, 0.4) is 0 Å². The van der Waals surface area contributed by atoms with Gasteiger partial charge in [0.2, 0.25) is 0 Å². The molecule has 0 unspecified atom stereocenters. The molecule has 0 saturated heterocycles. The average Bonchev–Trinajstić information content (AvgIpc) is 2.25. The van der Waals surface area contributed by atoms with Crippen LogP contribution in [0, 0.1) is 17.1 Å². The summed E-state index contributed by atoms with van der Waals surface area (Å²) in [6, 6.07) is 7.99. The Morgan fingerprint density at radius 2 is 2.27 bits per heavy atom. The SMILES string of the molecule is CCCC(C#N)=C(Cl)c1cccc(F)c1. The fourth-order valence-electron chi connectivity index (χ4n) is 1.26. The van der Waals surface area contributed by atoms with E-state index in [9.17, 15) is 4.39 Å². The summed E-state index contributed by atoms with van der Waals surface area (Å²) in [6.07, 6.45) is 1.46. The van der Waals surface area contributed by atoms with Gasteiger partial charge < -0.3 is 0 Å². The van der Waals surface area contributed by atoms with Gasteiger partial charge in [0.05, 0.1) is 11.1 Å². The number of halogens is 2. The molecule has 1 nitrogen and oxygen atoms in total. The van der Waals surface area contributed by atoms with E-state index in [1.807, 2.05) is 13.0 Å². The first-order valence-corrected chi connectivity index (χ1v) is 5.11. The van der Waals surface area contributed by atoms with Gasteiger partial charge in [-0.3, -0.25) is 0 Å². The largest absolute Gasteiger partial charge is 0.207 e. The van der Waals surface area contributed by atoms with Crippen molar-refractivity contribution in [1.82, 2.24) is 0 Å². The highest BCUT2D eigenvalue weighted by atomic mass is 35.5. The zero-order chi connectivity index (χ0) is 11.3. The van der Waals surface area contributed by atoms with Gasteiger partial charge >= 0.3 is 0 Å². The van der Waals surface area contributed by atoms with Crippen molar-refractivity contribution in [2.75, 3.05) is 0 Å². The van der Waals surface area contributed by atoms with Crippen LogP contribution in [0.4, 0.5) is 4.39 Å². The molecule has 1 aromatic carbocycles. The van der Waals surface area contributed by atoms with E-state index in [0.29, 0.717) is 22.6 Å². The van der Waals surface area contributed by atoms with Crippen molar-refractivity contribution in [3.8, 4) is 6.07 Å². The topological polar surface area (TPSA) is 23.8 Å². The normalized spacial score (nSPS) is 11.9. The van der Waals surface area contributed by atoms with Crippen LogP contribution in [0.15, 0.2) is 29.8 Å². The lowest BCUT2D eigenvalue weighted by Crippen LogP contribution is -1.86. The van der Waals surface area contributed by atoms with E-state index in [1.165, 1.54) is 12.1 Å². The fraction of sp³-hybridized carbons (Fsp3) is 0.250. The predicted molar refractivity (Wildman–Crippen MR) is 59.7 cm³/mol. The molecule has 0 aliphatic carbocycles. The number of benzene rings is 1. The summed E-state index contributed by atoms with van der Waals surface area (Å²) in [6.45, 7) is 1.97. The van der Waals surface area contributed by atoms with E-state index in [2.05, 4.69) is 0 Å². The number of nitrogens with zero attached hydrogens (tertiary/aromatic N) is 1. The first-order valence-electron chi connectivity index (χ1n) is 4.73. The quantitative estimate of drug-likeness (QED) is 0.708. The Morgan fingerprint density at radius 1 is 1.53 bits per heavy atom. The second-order valence-electron chi connectivity index (χ2n) is 3.16. The van der Waals surface area contributed by atoms with Crippen LogP contribution >= 0.6 is 11.6 Å². The Morgan fingerprint density at radius 3 is 2.80 bits per heavy atom. The van der Waals surface area contributed by atoms with Gasteiger partial charge in [0.1, 0.15) is 5.82 Å². The molecule has 3 heteroatoms. The summed E-state index contributed by atoms with van der Waals surface area (Å²) in [7, 11) is 0. The molecule has 0 amide bonds. The molecule has 0 fully saturated rings. The van der Waals surface area contributed by atoms with E-state index in [1.54, 1.807) is 12.1 Å². The van der Waals surface area contributed by atoms with Crippen molar-refractivity contribution in [3.63, 3.8) is 0 Å². The molecule has 0 radical (unpaired) electrons. The highest BCUT2D eigenvalue weighted by Crippen LogP contribution is 2.25. The predicted octanol–water partition coefficient (Wildman–Crippen LogP) is 4.10. The Hall–Kier alpha value is -1.33. The minimum atomic E-state index is -0.348. The maximum atomic E-state index is 12.9. The molecule has 15 heavy (non-hydrogen) atoms. The van der Waals surface area contributed by atoms with Gasteiger partial charge in [-0.15, -0.1) is 0 Å². The van der Waals surface area contributed by atoms with Crippen LogP contribution in [0.2, 0.25) is 0 Å². The number of hydrogen-bond donors (Lipinski definition) is 0. The summed E-state index contributed by atoms with van der Waals surface area (Å²) in [4.78, 5) is 0. The lowest BCUT2D eigenvalue weighted by atomic mass is 10.1. The summed E-state index contributed by atoms with van der Waals surface area (Å²) < 4.78 is 12.9. The number of hydrogen-bond acceptors (Lipinski definition) is 1. The Labute approximate surface area is 93.8 Å². The molecule has 0 saturated carbocycles. The van der Waals surface area contributed by atoms with Crippen LogP contribution in [-0.4, -0.2) is 0 Å². The molecule has 1 rings (SSSR count). The van der Waals surface area contributed by atoms with Crippen molar-refractivity contribution in [2.24, 2.45) is 0 Å². The maximum Gasteiger partial charge on any atom is 0.123 e. The van der Waals surface area contributed by atoms with E-state index >= 15 is 0 Å². The van der Waals surface area contributed by atoms with Gasteiger partial charge in [-0.2, -0.15) is 5.26 Å².